The molecule has 0 radical (unpaired) electrons. The molecule has 0 unspecified atom stereocenters. The van der Waals surface area contributed by atoms with E-state index in [-0.39, 0.29) is 0 Å². The fraction of sp³-hybridized carbons (Fsp3) is 0.448. The number of allylic oxidation sites excluding steroid dienone is 2. The molecule has 2 aromatic rings. The second-order valence-electron chi connectivity index (χ2n) is 9.85. The van der Waals surface area contributed by atoms with Crippen LogP contribution in [0.5, 0.6) is 0 Å². The Morgan fingerprint density at radius 3 is 2.62 bits per heavy atom. The lowest BCUT2D eigenvalue weighted by atomic mass is 10.00. The van der Waals surface area contributed by atoms with Crippen LogP contribution in [0.4, 0.5) is 5.95 Å². The number of aryl methyl sites for hydroxylation is 1. The highest BCUT2D eigenvalue weighted by molar-refractivity contribution is 9.11. The van der Waals surface area contributed by atoms with Gasteiger partial charge >= 0.3 is 0 Å². The summed E-state index contributed by atoms with van der Waals surface area (Å²) in [6, 6.07) is 8.68. The van der Waals surface area contributed by atoms with E-state index in [9.17, 15) is 0 Å². The molecular weight excluding hydrogens is 526 g/mol. The van der Waals surface area contributed by atoms with E-state index in [0.717, 1.165) is 87.6 Å². The number of fused-ring (bicyclic) bond motifs is 11. The fourth-order valence-electron chi connectivity index (χ4n) is 4.87. The summed E-state index contributed by atoms with van der Waals surface area (Å²) in [5.41, 5.74) is 5.97. The maximum atomic E-state index is 4.80. The van der Waals surface area contributed by atoms with Crippen molar-refractivity contribution in [2.75, 3.05) is 71.3 Å². The molecule has 0 amide bonds. The van der Waals surface area contributed by atoms with Gasteiger partial charge in [0.2, 0.25) is 5.95 Å². The fourth-order valence-corrected chi connectivity index (χ4v) is 5.16. The molecule has 1 saturated heterocycles. The zero-order chi connectivity index (χ0) is 26.0. The van der Waals surface area contributed by atoms with Crippen LogP contribution in [-0.4, -0.2) is 90.6 Å². The summed E-state index contributed by atoms with van der Waals surface area (Å²) in [6.07, 6.45) is 8.94. The van der Waals surface area contributed by atoms with Crippen molar-refractivity contribution < 1.29 is 0 Å². The summed E-state index contributed by atoms with van der Waals surface area (Å²) in [5.74, 6) is 0.589. The number of aromatic nitrogens is 2. The molecule has 1 fully saturated rings. The third-order valence-electron chi connectivity index (χ3n) is 6.98. The average Bonchev–Trinajstić information content (AvgIpc) is 2.89. The summed E-state index contributed by atoms with van der Waals surface area (Å²) in [6.45, 7) is 16.5. The van der Waals surface area contributed by atoms with Gasteiger partial charge in [-0.3, -0.25) is 9.80 Å². The van der Waals surface area contributed by atoms with Crippen molar-refractivity contribution in [2.24, 2.45) is 0 Å². The highest BCUT2D eigenvalue weighted by Gasteiger charge is 2.17. The van der Waals surface area contributed by atoms with Crippen LogP contribution in [0.3, 0.4) is 0 Å². The van der Waals surface area contributed by atoms with E-state index in [1.165, 1.54) is 16.7 Å². The van der Waals surface area contributed by atoms with Gasteiger partial charge in [-0.1, -0.05) is 41.6 Å². The van der Waals surface area contributed by atoms with E-state index in [0.29, 0.717) is 5.95 Å². The molecule has 198 valence electrons. The highest BCUT2D eigenvalue weighted by atomic mass is 79.9. The Morgan fingerprint density at radius 2 is 1.84 bits per heavy atom. The number of nitrogens with one attached hydrogen (secondary N) is 2. The third kappa shape index (κ3) is 8.58. The molecule has 8 heteroatoms. The Bertz CT molecular complexity index is 1110. The van der Waals surface area contributed by atoms with E-state index >= 15 is 0 Å². The molecule has 0 spiro atoms. The Kier molecular flexibility index (Phi) is 10.5. The van der Waals surface area contributed by atoms with Gasteiger partial charge in [0.15, 0.2) is 0 Å². The topological polar surface area (TPSA) is 59.6 Å². The Morgan fingerprint density at radius 1 is 1.05 bits per heavy atom. The smallest absolute Gasteiger partial charge is 0.227 e. The molecule has 0 aliphatic carbocycles. The first kappa shape index (κ1) is 27.7. The molecule has 5 rings (SSSR count). The van der Waals surface area contributed by atoms with Gasteiger partial charge in [-0.25, -0.2) is 9.97 Å². The molecule has 0 atom stereocenters. The van der Waals surface area contributed by atoms with Crippen LogP contribution in [0.15, 0.2) is 65.4 Å². The maximum Gasteiger partial charge on any atom is 0.227 e. The van der Waals surface area contributed by atoms with Crippen molar-refractivity contribution in [1.29, 1.82) is 0 Å². The van der Waals surface area contributed by atoms with E-state index < -0.39 is 0 Å². The lowest BCUT2D eigenvalue weighted by Crippen LogP contribution is -2.48. The van der Waals surface area contributed by atoms with Crippen molar-refractivity contribution in [3.63, 3.8) is 0 Å². The van der Waals surface area contributed by atoms with Crippen molar-refractivity contribution in [2.45, 2.75) is 19.9 Å². The summed E-state index contributed by atoms with van der Waals surface area (Å²) >= 11 is 3.50. The van der Waals surface area contributed by atoms with Crippen LogP contribution < -0.4 is 10.6 Å². The third-order valence-corrected chi connectivity index (χ3v) is 7.21. The lowest BCUT2D eigenvalue weighted by Gasteiger charge is -2.35. The van der Waals surface area contributed by atoms with Crippen molar-refractivity contribution in [3.05, 3.63) is 76.6 Å². The van der Waals surface area contributed by atoms with Crippen molar-refractivity contribution in [3.8, 4) is 11.3 Å². The van der Waals surface area contributed by atoms with Gasteiger partial charge in [-0.05, 0) is 54.5 Å². The molecule has 2 N–H and O–H groups in total. The first-order chi connectivity index (χ1) is 18.0. The number of anilines is 1. The van der Waals surface area contributed by atoms with E-state index in [4.69, 9.17) is 4.98 Å². The molecule has 3 aliphatic heterocycles. The number of nitrogens with zero attached hydrogens (tertiary/aromatic N) is 5. The number of piperazine rings is 1. The number of halogens is 1. The zero-order valence-electron chi connectivity index (χ0n) is 22.2. The van der Waals surface area contributed by atoms with Crippen molar-refractivity contribution in [1.82, 2.24) is 30.0 Å². The summed E-state index contributed by atoms with van der Waals surface area (Å²) < 4.78 is 0.869. The van der Waals surface area contributed by atoms with Crippen LogP contribution in [0, 0.1) is 0 Å². The predicted molar refractivity (Wildman–Crippen MR) is 158 cm³/mol. The maximum absolute atomic E-state index is 4.80. The summed E-state index contributed by atoms with van der Waals surface area (Å²) in [4.78, 5) is 16.7. The van der Waals surface area contributed by atoms with Gasteiger partial charge in [-0.2, -0.15) is 0 Å². The molecule has 7 nitrogen and oxygen atoms in total. The van der Waals surface area contributed by atoms with Gasteiger partial charge in [0.05, 0.1) is 5.69 Å². The zero-order valence-corrected chi connectivity index (χ0v) is 23.8. The second-order valence-corrected chi connectivity index (χ2v) is 10.9. The van der Waals surface area contributed by atoms with Gasteiger partial charge in [0, 0.05) is 87.9 Å². The minimum Gasteiger partial charge on any atom is -0.331 e. The standard InChI is InChI=1S/C29H40BrN7/c1-4-25-5-6-26-20-27(25)22-35(3)13-11-31-12-14-36-15-17-37(18-16-36)21-24(19-23(2)30)7-9-32-29-33-10-8-28(26)34-29/h5-10,19-20,31H,2,4,11-18,21-22H2,1,3H3,(H,32,33,34)/b9-7+,24-19+. The Balaban J connectivity index is 1.58. The van der Waals surface area contributed by atoms with E-state index in [1.54, 1.807) is 0 Å². The summed E-state index contributed by atoms with van der Waals surface area (Å²) in [7, 11) is 2.21. The molecule has 6 bridgehead atoms. The van der Waals surface area contributed by atoms with Gasteiger partial charge in [0.1, 0.15) is 0 Å². The normalized spacial score (nSPS) is 24.0. The molecule has 37 heavy (non-hydrogen) atoms. The van der Waals surface area contributed by atoms with Gasteiger partial charge < -0.3 is 15.5 Å². The van der Waals surface area contributed by atoms with Crippen LogP contribution >= 0.6 is 15.9 Å². The van der Waals surface area contributed by atoms with Gasteiger partial charge in [-0.15, -0.1) is 0 Å². The average molecular weight is 567 g/mol. The number of hydrogen-bond donors (Lipinski definition) is 2. The first-order valence-corrected chi connectivity index (χ1v) is 14.1. The Labute approximate surface area is 230 Å². The van der Waals surface area contributed by atoms with E-state index in [1.807, 2.05) is 18.5 Å². The number of hydrogen-bond acceptors (Lipinski definition) is 7. The number of benzene rings is 1. The molecule has 1 aromatic carbocycles. The highest BCUT2D eigenvalue weighted by Crippen LogP contribution is 2.23. The van der Waals surface area contributed by atoms with E-state index in [2.05, 4.69) is 97.1 Å². The SMILES string of the molecule is C=C(Br)/C=C1\C=C\Nc2nccc(n2)-c2ccc(CC)c(c2)CN(C)CCNCCN2CCN(CC2)C1. The minimum atomic E-state index is 0.589. The van der Waals surface area contributed by atoms with Gasteiger partial charge in [0.25, 0.3) is 0 Å². The monoisotopic (exact) mass is 565 g/mol. The Hall–Kier alpha value is -2.36. The second kappa shape index (κ2) is 14.0. The predicted octanol–water partition coefficient (Wildman–Crippen LogP) is 4.12. The van der Waals surface area contributed by atoms with Crippen LogP contribution in [0.25, 0.3) is 11.3 Å². The lowest BCUT2D eigenvalue weighted by molar-refractivity contribution is 0.141. The van der Waals surface area contributed by atoms with Crippen LogP contribution in [0.2, 0.25) is 0 Å². The minimum absolute atomic E-state index is 0.589. The molecule has 4 heterocycles. The molecule has 3 aliphatic rings. The molecular formula is C29H40BrN7. The molecule has 1 aromatic heterocycles. The number of likely N-dealkylation sites (N-methyl/N-ethyl adjacent to an activating group) is 1. The largest absolute Gasteiger partial charge is 0.331 e. The quantitative estimate of drug-likeness (QED) is 0.568. The molecule has 0 saturated carbocycles. The summed E-state index contributed by atoms with van der Waals surface area (Å²) in [5, 5.41) is 6.92. The number of rotatable bonds is 2. The van der Waals surface area contributed by atoms with Crippen LogP contribution in [0.1, 0.15) is 18.1 Å². The van der Waals surface area contributed by atoms with Crippen molar-refractivity contribution >= 4 is 21.9 Å². The first-order valence-electron chi connectivity index (χ1n) is 13.3. The van der Waals surface area contributed by atoms with Crippen LogP contribution in [-0.2, 0) is 13.0 Å².